The van der Waals surface area contributed by atoms with Crippen molar-refractivity contribution in [3.05, 3.63) is 71.8 Å². The van der Waals surface area contributed by atoms with Crippen molar-refractivity contribution in [1.29, 1.82) is 0 Å². The number of benzene rings is 2. The summed E-state index contributed by atoms with van der Waals surface area (Å²) in [5.41, 5.74) is 0.363. The number of carbonyl (C=O) groups excluding carboxylic acids is 4. The van der Waals surface area contributed by atoms with Gasteiger partial charge in [0.2, 0.25) is 23.6 Å². The number of carbonyl (C=O) groups is 4. The lowest BCUT2D eigenvalue weighted by atomic mass is 9.51. The lowest BCUT2D eigenvalue weighted by molar-refractivity contribution is -0.145. The second kappa shape index (κ2) is 9.65. The fourth-order valence-corrected chi connectivity index (χ4v) is 7.85. The van der Waals surface area contributed by atoms with Crippen molar-refractivity contribution in [2.24, 2.45) is 29.1 Å². The fraction of sp³-hybridized carbons (Fsp3) is 0.455. The number of hydrogen-bond donors (Lipinski definition) is 1. The van der Waals surface area contributed by atoms with Crippen LogP contribution in [0.25, 0.3) is 0 Å². The van der Waals surface area contributed by atoms with Gasteiger partial charge in [-0.25, -0.2) is 4.90 Å². The molecule has 3 fully saturated rings. The molecule has 2 aliphatic heterocycles. The number of aliphatic hydroxyl groups is 1. The first kappa shape index (κ1) is 27.4. The van der Waals surface area contributed by atoms with Crippen LogP contribution in [0, 0.1) is 29.1 Å². The standard InChI is InChI=1S/C33H36N2O6/c1-32(2,3)35-28(37)22-15-14-20-23(26(22)30(35)39)18-24-29(38)34(19-10-6-5-7-11-19)31(40)33(24,4)27(20)21-12-8-9-13-25(21)41-17-16-36/h5-14,22-24,26-27,36H,15-18H2,1-4H3. The Morgan fingerprint density at radius 1 is 0.927 bits per heavy atom. The van der Waals surface area contributed by atoms with Gasteiger partial charge in [0.25, 0.3) is 0 Å². The Balaban J connectivity index is 1.53. The maximum atomic E-state index is 14.5. The average Bonchev–Trinajstić information content (AvgIpc) is 3.32. The number of likely N-dealkylation sites (tertiary alicyclic amines) is 1. The van der Waals surface area contributed by atoms with Crippen LogP contribution in [-0.4, -0.2) is 52.4 Å². The summed E-state index contributed by atoms with van der Waals surface area (Å²) in [6, 6.07) is 16.4. The van der Waals surface area contributed by atoms with E-state index in [1.807, 2.05) is 58.0 Å². The predicted octanol–water partition coefficient (Wildman–Crippen LogP) is 4.09. The van der Waals surface area contributed by atoms with Gasteiger partial charge in [-0.05, 0) is 64.7 Å². The quantitative estimate of drug-likeness (QED) is 0.440. The van der Waals surface area contributed by atoms with E-state index in [1.165, 1.54) is 9.80 Å². The molecule has 2 saturated heterocycles. The number of aliphatic hydroxyl groups excluding tert-OH is 1. The molecule has 214 valence electrons. The van der Waals surface area contributed by atoms with Crippen molar-refractivity contribution in [2.75, 3.05) is 18.1 Å². The van der Waals surface area contributed by atoms with Crippen molar-refractivity contribution >= 4 is 29.3 Å². The zero-order valence-corrected chi connectivity index (χ0v) is 23.9. The molecule has 0 radical (unpaired) electrons. The molecule has 6 rings (SSSR count). The van der Waals surface area contributed by atoms with Gasteiger partial charge in [-0.2, -0.15) is 0 Å². The topological polar surface area (TPSA) is 104 Å². The van der Waals surface area contributed by atoms with E-state index in [0.717, 1.165) is 11.1 Å². The summed E-state index contributed by atoms with van der Waals surface area (Å²) >= 11 is 0. The van der Waals surface area contributed by atoms with E-state index in [2.05, 4.69) is 0 Å². The van der Waals surface area contributed by atoms with Crippen LogP contribution in [0.2, 0.25) is 0 Å². The van der Waals surface area contributed by atoms with E-state index in [-0.39, 0.29) is 42.8 Å². The number of fused-ring (bicyclic) bond motifs is 4. The van der Waals surface area contributed by atoms with Gasteiger partial charge in [0.15, 0.2) is 0 Å². The van der Waals surface area contributed by atoms with E-state index in [4.69, 9.17) is 4.74 Å². The van der Waals surface area contributed by atoms with Crippen molar-refractivity contribution < 1.29 is 29.0 Å². The highest BCUT2D eigenvalue weighted by atomic mass is 16.5. The molecule has 6 unspecified atom stereocenters. The van der Waals surface area contributed by atoms with Crippen molar-refractivity contribution in [3.63, 3.8) is 0 Å². The van der Waals surface area contributed by atoms with Crippen molar-refractivity contribution in [2.45, 2.75) is 52.0 Å². The summed E-state index contributed by atoms with van der Waals surface area (Å²) in [6.07, 6.45) is 2.75. The molecule has 0 bridgehead atoms. The van der Waals surface area contributed by atoms with Gasteiger partial charge in [-0.1, -0.05) is 48.0 Å². The molecular formula is C33H36N2O6. The van der Waals surface area contributed by atoms with Crippen LogP contribution < -0.4 is 9.64 Å². The molecule has 6 atom stereocenters. The normalized spacial score (nSPS) is 31.1. The number of ether oxygens (including phenoxy) is 1. The van der Waals surface area contributed by atoms with Crippen molar-refractivity contribution in [3.8, 4) is 5.75 Å². The molecule has 2 heterocycles. The molecule has 0 aromatic heterocycles. The maximum Gasteiger partial charge on any atom is 0.241 e. The van der Waals surface area contributed by atoms with Crippen LogP contribution in [0.5, 0.6) is 5.75 Å². The number of allylic oxidation sites excluding steroid dienone is 2. The molecule has 8 heteroatoms. The number of nitrogens with zero attached hydrogens (tertiary/aromatic N) is 2. The largest absolute Gasteiger partial charge is 0.491 e. The van der Waals surface area contributed by atoms with E-state index in [9.17, 15) is 24.3 Å². The first-order chi connectivity index (χ1) is 19.5. The first-order valence-corrected chi connectivity index (χ1v) is 14.4. The SMILES string of the molecule is CC12C(=O)N(c3ccccc3)C(=O)C1CC1C(=CCC3C(=O)N(C(C)(C)C)C(=O)C31)C2c1ccccc1OCCO. The van der Waals surface area contributed by atoms with Gasteiger partial charge in [-0.3, -0.25) is 24.1 Å². The Hall–Kier alpha value is -3.78. The zero-order valence-electron chi connectivity index (χ0n) is 23.9. The van der Waals surface area contributed by atoms with Gasteiger partial charge >= 0.3 is 0 Å². The van der Waals surface area contributed by atoms with Crippen LogP contribution in [0.3, 0.4) is 0 Å². The summed E-state index contributed by atoms with van der Waals surface area (Å²) in [5, 5.41) is 9.49. The molecular weight excluding hydrogens is 520 g/mol. The lowest BCUT2D eigenvalue weighted by Gasteiger charge is -2.49. The minimum Gasteiger partial charge on any atom is -0.491 e. The third-order valence-electron chi connectivity index (χ3n) is 9.54. The fourth-order valence-electron chi connectivity index (χ4n) is 7.85. The smallest absolute Gasteiger partial charge is 0.241 e. The second-order valence-corrected chi connectivity index (χ2v) is 12.8. The molecule has 41 heavy (non-hydrogen) atoms. The third-order valence-corrected chi connectivity index (χ3v) is 9.54. The Morgan fingerprint density at radius 3 is 2.29 bits per heavy atom. The van der Waals surface area contributed by atoms with Gasteiger partial charge in [0, 0.05) is 17.0 Å². The Kier molecular flexibility index (Phi) is 6.45. The minimum absolute atomic E-state index is 0.0770. The molecule has 4 amide bonds. The first-order valence-electron chi connectivity index (χ1n) is 14.4. The summed E-state index contributed by atoms with van der Waals surface area (Å²) in [4.78, 5) is 58.8. The summed E-state index contributed by atoms with van der Waals surface area (Å²) in [5.74, 6) is -3.12. The number of rotatable bonds is 5. The molecule has 2 aromatic rings. The zero-order chi connectivity index (χ0) is 29.3. The van der Waals surface area contributed by atoms with Crippen LogP contribution in [0.1, 0.15) is 52.0 Å². The van der Waals surface area contributed by atoms with Crippen LogP contribution in [0.4, 0.5) is 5.69 Å². The highest BCUT2D eigenvalue weighted by Crippen LogP contribution is 2.64. The maximum absolute atomic E-state index is 14.5. The van der Waals surface area contributed by atoms with E-state index < -0.39 is 34.6 Å². The van der Waals surface area contributed by atoms with Crippen molar-refractivity contribution in [1.82, 2.24) is 4.90 Å². The van der Waals surface area contributed by atoms with Gasteiger partial charge in [0.1, 0.15) is 12.4 Å². The Labute approximate surface area is 240 Å². The van der Waals surface area contributed by atoms with Gasteiger partial charge in [-0.15, -0.1) is 0 Å². The molecule has 8 nitrogen and oxygen atoms in total. The van der Waals surface area contributed by atoms with E-state index in [0.29, 0.717) is 24.3 Å². The molecule has 2 aromatic carbocycles. The van der Waals surface area contributed by atoms with Crippen LogP contribution >= 0.6 is 0 Å². The van der Waals surface area contributed by atoms with Crippen LogP contribution in [-0.2, 0) is 19.2 Å². The predicted molar refractivity (Wildman–Crippen MR) is 152 cm³/mol. The van der Waals surface area contributed by atoms with Gasteiger partial charge < -0.3 is 9.84 Å². The van der Waals surface area contributed by atoms with Gasteiger partial charge in [0.05, 0.1) is 35.5 Å². The number of amides is 4. The number of imide groups is 2. The monoisotopic (exact) mass is 556 g/mol. The summed E-state index contributed by atoms with van der Waals surface area (Å²) in [6.45, 7) is 7.35. The molecule has 1 N–H and O–H groups in total. The number of para-hydroxylation sites is 2. The highest BCUT2D eigenvalue weighted by molar-refractivity contribution is 6.24. The van der Waals surface area contributed by atoms with E-state index >= 15 is 0 Å². The summed E-state index contributed by atoms with van der Waals surface area (Å²) < 4.78 is 5.96. The molecule has 2 aliphatic carbocycles. The number of anilines is 1. The van der Waals surface area contributed by atoms with Crippen LogP contribution in [0.15, 0.2) is 66.2 Å². The minimum atomic E-state index is -1.14. The van der Waals surface area contributed by atoms with E-state index in [1.54, 1.807) is 30.3 Å². The lowest BCUT2D eigenvalue weighted by Crippen LogP contribution is -2.49. The number of hydrogen-bond acceptors (Lipinski definition) is 6. The molecule has 0 spiro atoms. The second-order valence-electron chi connectivity index (χ2n) is 12.8. The Bertz CT molecular complexity index is 1460. The average molecular weight is 557 g/mol. The summed E-state index contributed by atoms with van der Waals surface area (Å²) in [7, 11) is 0. The third kappa shape index (κ3) is 3.90. The highest BCUT2D eigenvalue weighted by Gasteiger charge is 2.68. The molecule has 1 saturated carbocycles. The molecule has 4 aliphatic rings. The Morgan fingerprint density at radius 2 is 1.61 bits per heavy atom.